The predicted octanol–water partition coefficient (Wildman–Crippen LogP) is 2.62. The molecule has 3 unspecified atom stereocenters. The van der Waals surface area contributed by atoms with E-state index in [0.29, 0.717) is 6.10 Å². The Bertz CT molecular complexity index is 310. The zero-order valence-electron chi connectivity index (χ0n) is 8.69. The summed E-state index contributed by atoms with van der Waals surface area (Å²) in [6, 6.07) is 4.31. The molecule has 0 amide bonds. The maximum Gasteiger partial charge on any atom is 0.0780 e. The van der Waals surface area contributed by atoms with E-state index in [0.717, 1.165) is 12.8 Å². The van der Waals surface area contributed by atoms with E-state index in [1.165, 1.54) is 9.75 Å². The molecular formula is C11H17NOS. The molecule has 78 valence electrons. The molecule has 3 heteroatoms. The number of hydrogen-bond acceptors (Lipinski definition) is 3. The Morgan fingerprint density at radius 1 is 1.50 bits per heavy atom. The minimum atomic E-state index is 0.0682. The lowest BCUT2D eigenvalue weighted by molar-refractivity contribution is 0.0408. The van der Waals surface area contributed by atoms with E-state index < -0.39 is 0 Å². The lowest BCUT2D eigenvalue weighted by Crippen LogP contribution is -2.25. The summed E-state index contributed by atoms with van der Waals surface area (Å²) >= 11 is 1.78. The van der Waals surface area contributed by atoms with Gasteiger partial charge >= 0.3 is 0 Å². The molecule has 2 rings (SSSR count). The minimum Gasteiger partial charge on any atom is -0.373 e. The van der Waals surface area contributed by atoms with Crippen molar-refractivity contribution in [2.75, 3.05) is 0 Å². The van der Waals surface area contributed by atoms with Crippen LogP contribution in [0, 0.1) is 6.92 Å². The highest BCUT2D eigenvalue weighted by Gasteiger charge is 2.28. The molecule has 0 aromatic carbocycles. The van der Waals surface area contributed by atoms with Crippen molar-refractivity contribution in [3.63, 3.8) is 0 Å². The Labute approximate surface area is 89.1 Å². The standard InChI is InChI=1S/C11H17NOS/c1-7-3-5-9(13-7)11(12)10-6-4-8(2)14-10/h4,6-7,9,11H,3,5,12H2,1-2H3. The molecule has 1 aromatic heterocycles. The summed E-state index contributed by atoms with van der Waals surface area (Å²) < 4.78 is 5.77. The molecule has 2 N–H and O–H groups in total. The van der Waals surface area contributed by atoms with E-state index >= 15 is 0 Å². The maximum atomic E-state index is 6.16. The predicted molar refractivity (Wildman–Crippen MR) is 59.6 cm³/mol. The second-order valence-corrected chi connectivity index (χ2v) is 5.36. The molecule has 0 spiro atoms. The number of ether oxygens (including phenoxy) is 1. The highest BCUT2D eigenvalue weighted by atomic mass is 32.1. The first kappa shape index (κ1) is 10.1. The van der Waals surface area contributed by atoms with Crippen LogP contribution in [0.25, 0.3) is 0 Å². The Morgan fingerprint density at radius 3 is 2.79 bits per heavy atom. The van der Waals surface area contributed by atoms with Crippen LogP contribution in [0.4, 0.5) is 0 Å². The van der Waals surface area contributed by atoms with Crippen molar-refractivity contribution < 1.29 is 4.74 Å². The molecule has 3 atom stereocenters. The van der Waals surface area contributed by atoms with Crippen LogP contribution in [0.1, 0.15) is 35.6 Å². The number of aryl methyl sites for hydroxylation is 1. The number of rotatable bonds is 2. The third-order valence-corrected chi connectivity index (χ3v) is 3.86. The van der Waals surface area contributed by atoms with Crippen molar-refractivity contribution in [1.29, 1.82) is 0 Å². The molecule has 0 radical (unpaired) electrons. The van der Waals surface area contributed by atoms with Gasteiger partial charge in [-0.15, -0.1) is 11.3 Å². The van der Waals surface area contributed by atoms with Crippen molar-refractivity contribution in [3.8, 4) is 0 Å². The molecule has 1 aromatic rings. The van der Waals surface area contributed by atoms with Crippen LogP contribution in [0.5, 0.6) is 0 Å². The Kier molecular flexibility index (Phi) is 2.91. The van der Waals surface area contributed by atoms with Crippen LogP contribution >= 0.6 is 11.3 Å². The molecule has 14 heavy (non-hydrogen) atoms. The van der Waals surface area contributed by atoms with Gasteiger partial charge in [-0.25, -0.2) is 0 Å². The molecule has 0 bridgehead atoms. The summed E-state index contributed by atoms with van der Waals surface area (Å²) in [5, 5.41) is 0. The first-order chi connectivity index (χ1) is 6.66. The molecule has 2 nitrogen and oxygen atoms in total. The average molecular weight is 211 g/mol. The van der Waals surface area contributed by atoms with Gasteiger partial charge in [0.15, 0.2) is 0 Å². The lowest BCUT2D eigenvalue weighted by Gasteiger charge is -2.17. The number of nitrogens with two attached hydrogens (primary N) is 1. The molecule has 2 heterocycles. The minimum absolute atomic E-state index is 0.0682. The van der Waals surface area contributed by atoms with Crippen molar-refractivity contribution in [2.45, 2.75) is 44.9 Å². The van der Waals surface area contributed by atoms with Crippen LogP contribution in [0.2, 0.25) is 0 Å². The summed E-state index contributed by atoms with van der Waals surface area (Å²) in [6.45, 7) is 4.23. The maximum absolute atomic E-state index is 6.16. The fourth-order valence-electron chi connectivity index (χ4n) is 1.91. The normalized spacial score (nSPS) is 29.4. The van der Waals surface area contributed by atoms with E-state index in [9.17, 15) is 0 Å². The van der Waals surface area contributed by atoms with E-state index in [4.69, 9.17) is 10.5 Å². The Morgan fingerprint density at radius 2 is 2.29 bits per heavy atom. The van der Waals surface area contributed by atoms with Gasteiger partial charge in [-0.3, -0.25) is 0 Å². The zero-order valence-corrected chi connectivity index (χ0v) is 9.51. The topological polar surface area (TPSA) is 35.2 Å². The van der Waals surface area contributed by atoms with Crippen LogP contribution in [-0.4, -0.2) is 12.2 Å². The van der Waals surface area contributed by atoms with Crippen LogP contribution in [-0.2, 0) is 4.74 Å². The SMILES string of the molecule is Cc1ccc(C(N)C2CCC(C)O2)s1. The van der Waals surface area contributed by atoms with E-state index in [-0.39, 0.29) is 12.1 Å². The van der Waals surface area contributed by atoms with Gasteiger partial charge < -0.3 is 10.5 Å². The first-order valence-electron chi connectivity index (χ1n) is 5.14. The number of thiophene rings is 1. The fourth-order valence-corrected chi connectivity index (χ4v) is 2.85. The van der Waals surface area contributed by atoms with Gasteiger partial charge in [-0.05, 0) is 38.8 Å². The van der Waals surface area contributed by atoms with E-state index in [1.807, 2.05) is 0 Å². The molecule has 0 saturated carbocycles. The van der Waals surface area contributed by atoms with Gasteiger partial charge in [0, 0.05) is 9.75 Å². The van der Waals surface area contributed by atoms with Gasteiger partial charge in [-0.2, -0.15) is 0 Å². The van der Waals surface area contributed by atoms with Crippen molar-refractivity contribution in [1.82, 2.24) is 0 Å². The third kappa shape index (κ3) is 2.00. The number of hydrogen-bond donors (Lipinski definition) is 1. The van der Waals surface area contributed by atoms with Gasteiger partial charge in [-0.1, -0.05) is 0 Å². The van der Waals surface area contributed by atoms with Crippen molar-refractivity contribution >= 4 is 11.3 Å². The van der Waals surface area contributed by atoms with Crippen LogP contribution < -0.4 is 5.73 Å². The zero-order chi connectivity index (χ0) is 10.1. The van der Waals surface area contributed by atoms with Crippen LogP contribution in [0.3, 0.4) is 0 Å². The molecule has 1 fully saturated rings. The van der Waals surface area contributed by atoms with Gasteiger partial charge in [0.25, 0.3) is 0 Å². The summed E-state index contributed by atoms with van der Waals surface area (Å²) in [7, 11) is 0. The van der Waals surface area contributed by atoms with Gasteiger partial charge in [0.05, 0.1) is 18.2 Å². The molecule has 0 aliphatic carbocycles. The molecule has 1 aliphatic heterocycles. The Hall–Kier alpha value is -0.380. The van der Waals surface area contributed by atoms with Crippen molar-refractivity contribution in [2.24, 2.45) is 5.73 Å². The van der Waals surface area contributed by atoms with E-state index in [1.54, 1.807) is 11.3 Å². The van der Waals surface area contributed by atoms with Crippen LogP contribution in [0.15, 0.2) is 12.1 Å². The lowest BCUT2D eigenvalue weighted by atomic mass is 10.1. The summed E-state index contributed by atoms with van der Waals surface area (Å²) in [4.78, 5) is 2.57. The second-order valence-electron chi connectivity index (χ2n) is 4.04. The quantitative estimate of drug-likeness (QED) is 0.816. The molecule has 1 aliphatic rings. The van der Waals surface area contributed by atoms with E-state index in [2.05, 4.69) is 26.0 Å². The summed E-state index contributed by atoms with van der Waals surface area (Å²) in [6.07, 6.45) is 2.84. The largest absolute Gasteiger partial charge is 0.373 e. The highest BCUT2D eigenvalue weighted by molar-refractivity contribution is 7.12. The monoisotopic (exact) mass is 211 g/mol. The smallest absolute Gasteiger partial charge is 0.0780 e. The van der Waals surface area contributed by atoms with Gasteiger partial charge in [0.2, 0.25) is 0 Å². The highest BCUT2D eigenvalue weighted by Crippen LogP contribution is 2.31. The fraction of sp³-hybridized carbons (Fsp3) is 0.636. The molecular weight excluding hydrogens is 194 g/mol. The Balaban J connectivity index is 2.05. The van der Waals surface area contributed by atoms with Gasteiger partial charge in [0.1, 0.15) is 0 Å². The first-order valence-corrected chi connectivity index (χ1v) is 5.96. The second kappa shape index (κ2) is 4.01. The summed E-state index contributed by atoms with van der Waals surface area (Å²) in [5.41, 5.74) is 6.16. The summed E-state index contributed by atoms with van der Waals surface area (Å²) in [5.74, 6) is 0. The third-order valence-electron chi connectivity index (χ3n) is 2.76. The average Bonchev–Trinajstić information content (AvgIpc) is 2.73. The molecule has 1 saturated heterocycles. The van der Waals surface area contributed by atoms with Crippen molar-refractivity contribution in [3.05, 3.63) is 21.9 Å².